The monoisotopic (exact) mass is 366 g/mol. The topological polar surface area (TPSA) is 49.4 Å². The van der Waals surface area contributed by atoms with Crippen LogP contribution in [0.15, 0.2) is 55.1 Å². The average molecular weight is 367 g/mol. The molecule has 0 spiro atoms. The summed E-state index contributed by atoms with van der Waals surface area (Å²) in [5.74, 6) is 0.671. The van der Waals surface area contributed by atoms with E-state index < -0.39 is 0 Å². The largest absolute Gasteiger partial charge is 0.352 e. The van der Waals surface area contributed by atoms with Gasteiger partial charge in [0.05, 0.1) is 0 Å². The van der Waals surface area contributed by atoms with Crippen molar-refractivity contribution in [1.82, 2.24) is 10.2 Å². The fourth-order valence-corrected chi connectivity index (χ4v) is 4.37. The van der Waals surface area contributed by atoms with Crippen molar-refractivity contribution in [1.29, 1.82) is 0 Å². The summed E-state index contributed by atoms with van der Waals surface area (Å²) in [4.78, 5) is 26.8. The first-order valence-electron chi connectivity index (χ1n) is 9.95. The summed E-state index contributed by atoms with van der Waals surface area (Å²) in [5, 5.41) is 2.99. The van der Waals surface area contributed by atoms with E-state index in [0.29, 0.717) is 18.4 Å². The lowest BCUT2D eigenvalue weighted by molar-refractivity contribution is -0.139. The fraction of sp³-hybridized carbons (Fsp3) is 0.478. The number of nitrogens with one attached hydrogen (secondary N) is 1. The highest BCUT2D eigenvalue weighted by atomic mass is 16.2. The molecule has 3 rings (SSSR count). The Kier molecular flexibility index (Phi) is 6.15. The number of piperidine rings is 1. The summed E-state index contributed by atoms with van der Waals surface area (Å²) in [7, 11) is 0. The Hall–Kier alpha value is -2.36. The SMILES string of the molecule is C=CC(=O)NCC1(c2ccccc2)CCN(C(=O)[C@@H]2CC=CC[C@H]2C)CC1. The third-order valence-corrected chi connectivity index (χ3v) is 6.27. The summed E-state index contributed by atoms with van der Waals surface area (Å²) in [6.07, 6.45) is 9.21. The minimum Gasteiger partial charge on any atom is -0.352 e. The fourth-order valence-electron chi connectivity index (χ4n) is 4.37. The van der Waals surface area contributed by atoms with Gasteiger partial charge in [0.1, 0.15) is 0 Å². The molecule has 2 aliphatic rings. The van der Waals surface area contributed by atoms with Crippen LogP contribution in [-0.4, -0.2) is 36.3 Å². The quantitative estimate of drug-likeness (QED) is 0.641. The molecule has 1 heterocycles. The summed E-state index contributed by atoms with van der Waals surface area (Å²) < 4.78 is 0. The number of carbonyl (C=O) groups excluding carboxylic acids is 2. The molecule has 1 aliphatic carbocycles. The molecule has 0 aromatic heterocycles. The molecule has 0 bridgehead atoms. The van der Waals surface area contributed by atoms with Gasteiger partial charge >= 0.3 is 0 Å². The van der Waals surface area contributed by atoms with Gasteiger partial charge in [-0.15, -0.1) is 0 Å². The van der Waals surface area contributed by atoms with Crippen molar-refractivity contribution < 1.29 is 9.59 Å². The molecule has 2 atom stereocenters. The molecular weight excluding hydrogens is 336 g/mol. The van der Waals surface area contributed by atoms with Crippen LogP contribution in [0.3, 0.4) is 0 Å². The molecule has 27 heavy (non-hydrogen) atoms. The van der Waals surface area contributed by atoms with E-state index in [1.165, 1.54) is 11.6 Å². The molecule has 2 amide bonds. The van der Waals surface area contributed by atoms with Gasteiger partial charge in [0.2, 0.25) is 11.8 Å². The molecular formula is C23H30N2O2. The first-order valence-corrected chi connectivity index (χ1v) is 9.95. The lowest BCUT2D eigenvalue weighted by Crippen LogP contribution is -2.51. The van der Waals surface area contributed by atoms with E-state index in [0.717, 1.165) is 38.8 Å². The minimum atomic E-state index is -0.147. The maximum absolute atomic E-state index is 13.0. The van der Waals surface area contributed by atoms with Crippen LogP contribution < -0.4 is 5.32 Å². The molecule has 144 valence electrons. The molecule has 1 aromatic rings. The van der Waals surface area contributed by atoms with Gasteiger partial charge < -0.3 is 10.2 Å². The summed E-state index contributed by atoms with van der Waals surface area (Å²) in [6.45, 7) is 7.78. The highest BCUT2D eigenvalue weighted by Gasteiger charge is 2.39. The highest BCUT2D eigenvalue weighted by molar-refractivity contribution is 5.86. The molecule has 1 saturated heterocycles. The van der Waals surface area contributed by atoms with Gasteiger partial charge in [-0.1, -0.05) is 56.0 Å². The van der Waals surface area contributed by atoms with Crippen LogP contribution in [-0.2, 0) is 15.0 Å². The van der Waals surface area contributed by atoms with Crippen molar-refractivity contribution in [3.8, 4) is 0 Å². The number of amides is 2. The van der Waals surface area contributed by atoms with Crippen LogP contribution in [0.1, 0.15) is 38.2 Å². The smallest absolute Gasteiger partial charge is 0.243 e. The standard InChI is InChI=1S/C23H30N2O2/c1-3-21(26)24-17-23(19-10-5-4-6-11-19)13-15-25(16-14-23)22(27)20-12-8-7-9-18(20)2/h3-8,10-11,18,20H,1,9,12-17H2,2H3,(H,24,26)/t18-,20-/m1/s1. The van der Waals surface area contributed by atoms with Crippen LogP contribution in [0.5, 0.6) is 0 Å². The Balaban J connectivity index is 1.71. The highest BCUT2D eigenvalue weighted by Crippen LogP contribution is 2.36. The van der Waals surface area contributed by atoms with Crippen LogP contribution >= 0.6 is 0 Å². The Morgan fingerprint density at radius 3 is 2.48 bits per heavy atom. The number of benzene rings is 1. The maximum atomic E-state index is 13.0. The molecule has 4 heteroatoms. The lowest BCUT2D eigenvalue weighted by atomic mass is 9.72. The number of nitrogens with zero attached hydrogens (tertiary/aromatic N) is 1. The first-order chi connectivity index (χ1) is 13.1. The zero-order valence-electron chi connectivity index (χ0n) is 16.2. The van der Waals surface area contributed by atoms with E-state index in [4.69, 9.17) is 0 Å². The second-order valence-electron chi connectivity index (χ2n) is 7.92. The average Bonchev–Trinajstić information content (AvgIpc) is 2.73. The normalized spacial score (nSPS) is 24.3. The predicted octanol–water partition coefficient (Wildman–Crippen LogP) is 3.45. The number of hydrogen-bond donors (Lipinski definition) is 1. The number of likely N-dealkylation sites (tertiary alicyclic amines) is 1. The number of hydrogen-bond acceptors (Lipinski definition) is 2. The zero-order chi connectivity index (χ0) is 19.3. The van der Waals surface area contributed by atoms with Crippen LogP contribution in [0.25, 0.3) is 0 Å². The van der Waals surface area contributed by atoms with Crippen molar-refractivity contribution in [3.63, 3.8) is 0 Å². The van der Waals surface area contributed by atoms with Gasteiger partial charge in [0, 0.05) is 31.0 Å². The van der Waals surface area contributed by atoms with Crippen LogP contribution in [0.4, 0.5) is 0 Å². The molecule has 1 aromatic carbocycles. The molecule has 1 fully saturated rings. The lowest BCUT2D eigenvalue weighted by Gasteiger charge is -2.43. The van der Waals surface area contributed by atoms with Crippen molar-refractivity contribution in [2.75, 3.05) is 19.6 Å². The van der Waals surface area contributed by atoms with Gasteiger partial charge in [-0.3, -0.25) is 9.59 Å². The van der Waals surface area contributed by atoms with E-state index in [1.807, 2.05) is 23.1 Å². The number of carbonyl (C=O) groups is 2. The Morgan fingerprint density at radius 1 is 1.19 bits per heavy atom. The van der Waals surface area contributed by atoms with Gasteiger partial charge in [0.15, 0.2) is 0 Å². The minimum absolute atomic E-state index is 0.111. The van der Waals surface area contributed by atoms with Crippen molar-refractivity contribution in [3.05, 3.63) is 60.7 Å². The maximum Gasteiger partial charge on any atom is 0.243 e. The van der Waals surface area contributed by atoms with E-state index in [-0.39, 0.29) is 17.2 Å². The van der Waals surface area contributed by atoms with Crippen LogP contribution in [0, 0.1) is 11.8 Å². The van der Waals surface area contributed by atoms with Crippen molar-refractivity contribution in [2.45, 2.75) is 38.0 Å². The molecule has 1 N–H and O–H groups in total. The van der Waals surface area contributed by atoms with Crippen molar-refractivity contribution in [2.24, 2.45) is 11.8 Å². The predicted molar refractivity (Wildman–Crippen MR) is 108 cm³/mol. The molecule has 0 saturated carbocycles. The van der Waals surface area contributed by atoms with Gasteiger partial charge in [-0.05, 0) is 43.2 Å². The van der Waals surface area contributed by atoms with Crippen molar-refractivity contribution >= 4 is 11.8 Å². The number of allylic oxidation sites excluding steroid dienone is 2. The third kappa shape index (κ3) is 4.32. The Bertz CT molecular complexity index is 702. The van der Waals surface area contributed by atoms with E-state index in [1.54, 1.807) is 0 Å². The second-order valence-corrected chi connectivity index (χ2v) is 7.92. The number of rotatable bonds is 5. The first kappa shape index (κ1) is 19.4. The zero-order valence-corrected chi connectivity index (χ0v) is 16.2. The molecule has 0 unspecified atom stereocenters. The summed E-state index contributed by atoms with van der Waals surface area (Å²) in [6, 6.07) is 10.4. The van der Waals surface area contributed by atoms with Gasteiger partial charge in [-0.2, -0.15) is 0 Å². The van der Waals surface area contributed by atoms with E-state index in [9.17, 15) is 9.59 Å². The van der Waals surface area contributed by atoms with Gasteiger partial charge in [-0.25, -0.2) is 0 Å². The second kappa shape index (κ2) is 8.55. The third-order valence-electron chi connectivity index (χ3n) is 6.27. The van der Waals surface area contributed by atoms with E-state index >= 15 is 0 Å². The molecule has 1 aliphatic heterocycles. The van der Waals surface area contributed by atoms with Gasteiger partial charge in [0.25, 0.3) is 0 Å². The molecule has 0 radical (unpaired) electrons. The summed E-state index contributed by atoms with van der Waals surface area (Å²) >= 11 is 0. The summed E-state index contributed by atoms with van der Waals surface area (Å²) in [5.41, 5.74) is 1.10. The Morgan fingerprint density at radius 2 is 1.85 bits per heavy atom. The molecule has 4 nitrogen and oxygen atoms in total. The van der Waals surface area contributed by atoms with Crippen LogP contribution in [0.2, 0.25) is 0 Å². The van der Waals surface area contributed by atoms with E-state index in [2.05, 4.69) is 43.1 Å². The Labute approximate surface area is 162 Å².